The number of hydrogen-bond acceptors (Lipinski definition) is 4. The lowest BCUT2D eigenvalue weighted by Gasteiger charge is -2.34. The summed E-state index contributed by atoms with van der Waals surface area (Å²) in [6.45, 7) is 3.27. The van der Waals surface area contributed by atoms with Crippen molar-refractivity contribution in [2.24, 2.45) is 0 Å². The molecule has 0 spiro atoms. The van der Waals surface area contributed by atoms with Crippen LogP contribution in [0.15, 0.2) is 29.2 Å². The second-order valence-corrected chi connectivity index (χ2v) is 6.89. The summed E-state index contributed by atoms with van der Waals surface area (Å²) >= 11 is 0. The predicted octanol–water partition coefficient (Wildman–Crippen LogP) is 2.12. The number of nitrogens with zero attached hydrogens (tertiary/aromatic N) is 2. The average Bonchev–Trinajstić information content (AvgIpc) is 3.08. The Labute approximate surface area is 151 Å². The number of rotatable bonds is 3. The van der Waals surface area contributed by atoms with Gasteiger partial charge in [-0.05, 0) is 44.2 Å². The fourth-order valence-electron chi connectivity index (χ4n) is 4.12. The zero-order valence-corrected chi connectivity index (χ0v) is 14.9. The monoisotopic (exact) mass is 354 g/mol. The van der Waals surface area contributed by atoms with Crippen molar-refractivity contribution in [2.45, 2.75) is 45.2 Å². The lowest BCUT2D eigenvalue weighted by molar-refractivity contribution is -0.149. The molecule has 1 aromatic carbocycles. The van der Waals surface area contributed by atoms with E-state index in [1.165, 1.54) is 4.90 Å². The highest BCUT2D eigenvalue weighted by molar-refractivity contribution is 6.00. The Hall–Kier alpha value is -2.63. The standard InChI is InChI=1S/C20H22N2O4/c1-2-26-20(25)16-8-3-4-10-22(16)19(24)15-12-21-11-9-13-6-5-7-14(17(13)21)18(15)23/h5-7,12,16H,2-4,8-11H2,1H3/t16-/m1/s1. The van der Waals surface area contributed by atoms with Crippen molar-refractivity contribution >= 4 is 22.8 Å². The summed E-state index contributed by atoms with van der Waals surface area (Å²) in [5.74, 6) is -0.746. The van der Waals surface area contributed by atoms with E-state index in [4.69, 9.17) is 4.74 Å². The number of carbonyl (C=O) groups excluding carboxylic acids is 2. The third-order valence-electron chi connectivity index (χ3n) is 5.36. The van der Waals surface area contributed by atoms with E-state index in [-0.39, 0.29) is 29.5 Å². The van der Waals surface area contributed by atoms with E-state index in [0.717, 1.165) is 36.9 Å². The third kappa shape index (κ3) is 2.60. The van der Waals surface area contributed by atoms with Crippen molar-refractivity contribution in [2.75, 3.05) is 13.2 Å². The number of ether oxygens (including phenoxy) is 1. The van der Waals surface area contributed by atoms with Gasteiger partial charge in [0.05, 0.1) is 12.1 Å². The van der Waals surface area contributed by atoms with E-state index in [1.54, 1.807) is 19.2 Å². The minimum absolute atomic E-state index is 0.146. The van der Waals surface area contributed by atoms with Crippen LogP contribution in [-0.4, -0.2) is 40.5 Å². The van der Waals surface area contributed by atoms with Crippen LogP contribution in [0.3, 0.4) is 0 Å². The van der Waals surface area contributed by atoms with E-state index in [1.807, 2.05) is 16.7 Å². The molecule has 1 saturated heterocycles. The number of aryl methyl sites for hydroxylation is 2. The first-order chi connectivity index (χ1) is 12.6. The second-order valence-electron chi connectivity index (χ2n) is 6.89. The maximum atomic E-state index is 13.2. The molecule has 0 radical (unpaired) electrons. The van der Waals surface area contributed by atoms with Crippen molar-refractivity contribution in [1.29, 1.82) is 0 Å². The summed E-state index contributed by atoms with van der Waals surface area (Å²) in [4.78, 5) is 39.9. The van der Waals surface area contributed by atoms with Crippen LogP contribution < -0.4 is 5.43 Å². The molecule has 0 saturated carbocycles. The first kappa shape index (κ1) is 16.8. The lowest BCUT2D eigenvalue weighted by atomic mass is 10.0. The number of para-hydroxylation sites is 1. The summed E-state index contributed by atoms with van der Waals surface area (Å²) in [5, 5.41) is 0.579. The number of esters is 1. The molecule has 1 atom stereocenters. The number of aromatic nitrogens is 1. The van der Waals surface area contributed by atoms with Gasteiger partial charge in [-0.1, -0.05) is 12.1 Å². The van der Waals surface area contributed by atoms with Gasteiger partial charge in [0.15, 0.2) is 0 Å². The number of likely N-dealkylation sites (tertiary alicyclic amines) is 1. The van der Waals surface area contributed by atoms with E-state index in [9.17, 15) is 14.4 Å². The minimum Gasteiger partial charge on any atom is -0.464 e. The molecule has 2 aromatic rings. The quantitative estimate of drug-likeness (QED) is 0.792. The molecule has 2 aliphatic heterocycles. The van der Waals surface area contributed by atoms with Crippen molar-refractivity contribution in [3.05, 3.63) is 45.7 Å². The van der Waals surface area contributed by atoms with E-state index < -0.39 is 6.04 Å². The normalized spacial score (nSPS) is 19.0. The topological polar surface area (TPSA) is 68.6 Å². The molecule has 4 rings (SSSR count). The summed E-state index contributed by atoms with van der Waals surface area (Å²) in [6.07, 6.45) is 4.81. The van der Waals surface area contributed by atoms with Crippen LogP contribution in [-0.2, 0) is 22.5 Å². The summed E-state index contributed by atoms with van der Waals surface area (Å²) < 4.78 is 7.12. The molecule has 2 aliphatic rings. The fraction of sp³-hybridized carbons (Fsp3) is 0.450. The van der Waals surface area contributed by atoms with Crippen molar-refractivity contribution in [3.63, 3.8) is 0 Å². The summed E-state index contributed by atoms with van der Waals surface area (Å²) in [5.41, 5.74) is 1.96. The Morgan fingerprint density at radius 1 is 1.23 bits per heavy atom. The number of carbonyl (C=O) groups is 2. The Balaban J connectivity index is 1.76. The van der Waals surface area contributed by atoms with Gasteiger partial charge in [-0.25, -0.2) is 4.79 Å². The highest BCUT2D eigenvalue weighted by Gasteiger charge is 2.35. The second kappa shape index (κ2) is 6.59. The fourth-order valence-corrected chi connectivity index (χ4v) is 4.12. The Bertz CT molecular complexity index is 947. The molecular weight excluding hydrogens is 332 g/mol. The third-order valence-corrected chi connectivity index (χ3v) is 5.36. The zero-order chi connectivity index (χ0) is 18.3. The molecule has 1 fully saturated rings. The number of pyridine rings is 1. The largest absolute Gasteiger partial charge is 0.464 e. The minimum atomic E-state index is -0.601. The van der Waals surface area contributed by atoms with Gasteiger partial charge in [-0.2, -0.15) is 0 Å². The molecule has 26 heavy (non-hydrogen) atoms. The molecule has 0 unspecified atom stereocenters. The van der Waals surface area contributed by atoms with Crippen LogP contribution in [0.25, 0.3) is 10.9 Å². The molecule has 1 aromatic heterocycles. The van der Waals surface area contributed by atoms with E-state index in [2.05, 4.69) is 0 Å². The van der Waals surface area contributed by atoms with Gasteiger partial charge in [0, 0.05) is 24.7 Å². The van der Waals surface area contributed by atoms with Gasteiger partial charge in [0.1, 0.15) is 11.6 Å². The first-order valence-electron chi connectivity index (χ1n) is 9.24. The smallest absolute Gasteiger partial charge is 0.328 e. The van der Waals surface area contributed by atoms with Crippen LogP contribution in [0.2, 0.25) is 0 Å². The highest BCUT2D eigenvalue weighted by atomic mass is 16.5. The molecule has 0 N–H and O–H groups in total. The first-order valence-corrected chi connectivity index (χ1v) is 9.24. The van der Waals surface area contributed by atoms with Crippen LogP contribution >= 0.6 is 0 Å². The number of piperidine rings is 1. The van der Waals surface area contributed by atoms with Gasteiger partial charge >= 0.3 is 5.97 Å². The lowest BCUT2D eigenvalue weighted by Crippen LogP contribution is -2.49. The van der Waals surface area contributed by atoms with Crippen LogP contribution in [0, 0.1) is 0 Å². The van der Waals surface area contributed by atoms with Gasteiger partial charge in [0.2, 0.25) is 5.43 Å². The molecule has 6 nitrogen and oxygen atoms in total. The molecular formula is C20H22N2O4. The molecule has 3 heterocycles. The summed E-state index contributed by atoms with van der Waals surface area (Å²) in [6, 6.07) is 5.06. The Morgan fingerprint density at radius 2 is 2.08 bits per heavy atom. The zero-order valence-electron chi connectivity index (χ0n) is 14.9. The number of amides is 1. The van der Waals surface area contributed by atoms with Crippen molar-refractivity contribution < 1.29 is 14.3 Å². The highest BCUT2D eigenvalue weighted by Crippen LogP contribution is 2.25. The van der Waals surface area contributed by atoms with Gasteiger partial charge in [-0.3, -0.25) is 9.59 Å². The molecule has 1 amide bonds. The van der Waals surface area contributed by atoms with E-state index >= 15 is 0 Å². The van der Waals surface area contributed by atoms with E-state index in [0.29, 0.717) is 18.4 Å². The molecule has 6 heteroatoms. The number of benzene rings is 1. The van der Waals surface area contributed by atoms with Crippen LogP contribution in [0.1, 0.15) is 42.1 Å². The Kier molecular flexibility index (Phi) is 4.26. The molecule has 0 aliphatic carbocycles. The molecule has 136 valence electrons. The molecule has 0 bridgehead atoms. The predicted molar refractivity (Wildman–Crippen MR) is 97.2 cm³/mol. The van der Waals surface area contributed by atoms with Crippen molar-refractivity contribution in [3.8, 4) is 0 Å². The van der Waals surface area contributed by atoms with Gasteiger partial charge in [-0.15, -0.1) is 0 Å². The SMILES string of the molecule is CCOC(=O)[C@H]1CCCCN1C(=O)c1cn2c3c(cccc3c1=O)CC2. The van der Waals surface area contributed by atoms with Crippen LogP contribution in [0.5, 0.6) is 0 Å². The van der Waals surface area contributed by atoms with Gasteiger partial charge < -0.3 is 14.2 Å². The maximum Gasteiger partial charge on any atom is 0.328 e. The Morgan fingerprint density at radius 3 is 2.88 bits per heavy atom. The number of hydrogen-bond donors (Lipinski definition) is 0. The average molecular weight is 354 g/mol. The van der Waals surface area contributed by atoms with Crippen LogP contribution in [0.4, 0.5) is 0 Å². The van der Waals surface area contributed by atoms with Crippen molar-refractivity contribution in [1.82, 2.24) is 9.47 Å². The maximum absolute atomic E-state index is 13.2. The summed E-state index contributed by atoms with van der Waals surface area (Å²) in [7, 11) is 0. The van der Waals surface area contributed by atoms with Gasteiger partial charge in [0.25, 0.3) is 5.91 Å².